The zero-order chi connectivity index (χ0) is 13.8. The highest BCUT2D eigenvalue weighted by atomic mass is 16.6. The highest BCUT2D eigenvalue weighted by Gasteiger charge is 2.21. The molecule has 0 unspecified atom stereocenters. The van der Waals surface area contributed by atoms with E-state index in [1.165, 1.54) is 19.2 Å². The third-order valence-electron chi connectivity index (χ3n) is 2.59. The van der Waals surface area contributed by atoms with E-state index in [0.717, 1.165) is 5.56 Å². The van der Waals surface area contributed by atoms with Gasteiger partial charge in [-0.3, -0.25) is 15.1 Å². The van der Waals surface area contributed by atoms with Crippen LogP contribution < -0.4 is 0 Å². The molecular formula is C13H10N2O4. The molecule has 0 aliphatic heterocycles. The number of pyridine rings is 1. The van der Waals surface area contributed by atoms with Gasteiger partial charge in [0.2, 0.25) is 0 Å². The van der Waals surface area contributed by atoms with E-state index in [0.29, 0.717) is 5.56 Å². The van der Waals surface area contributed by atoms with Crippen LogP contribution in [0, 0.1) is 10.1 Å². The van der Waals surface area contributed by atoms with E-state index in [-0.39, 0.29) is 11.3 Å². The Morgan fingerprint density at radius 2 is 2.11 bits per heavy atom. The Balaban J connectivity index is 2.54. The van der Waals surface area contributed by atoms with Gasteiger partial charge in [0.1, 0.15) is 5.56 Å². The topological polar surface area (TPSA) is 82.3 Å². The second kappa shape index (κ2) is 5.26. The first-order valence-electron chi connectivity index (χ1n) is 5.40. The van der Waals surface area contributed by atoms with Crippen LogP contribution >= 0.6 is 0 Å². The van der Waals surface area contributed by atoms with E-state index in [1.54, 1.807) is 30.6 Å². The molecule has 1 aromatic heterocycles. The van der Waals surface area contributed by atoms with Crippen LogP contribution in [0.2, 0.25) is 0 Å². The quantitative estimate of drug-likeness (QED) is 0.479. The molecule has 0 aliphatic carbocycles. The molecule has 96 valence electrons. The van der Waals surface area contributed by atoms with Crippen molar-refractivity contribution >= 4 is 11.7 Å². The monoisotopic (exact) mass is 258 g/mol. The van der Waals surface area contributed by atoms with E-state index in [4.69, 9.17) is 0 Å². The summed E-state index contributed by atoms with van der Waals surface area (Å²) in [6.45, 7) is 0. The molecule has 0 saturated carbocycles. The fourth-order valence-corrected chi connectivity index (χ4v) is 1.68. The Kier molecular flexibility index (Phi) is 3.51. The molecule has 2 rings (SSSR count). The summed E-state index contributed by atoms with van der Waals surface area (Å²) in [4.78, 5) is 25.8. The highest BCUT2D eigenvalue weighted by molar-refractivity contribution is 5.94. The Hall–Kier alpha value is -2.76. The lowest BCUT2D eigenvalue weighted by Gasteiger charge is -2.04. The number of nitrogens with zero attached hydrogens (tertiary/aromatic N) is 2. The lowest BCUT2D eigenvalue weighted by Crippen LogP contribution is -2.05. The minimum absolute atomic E-state index is 0.0693. The second-order valence-electron chi connectivity index (χ2n) is 3.72. The van der Waals surface area contributed by atoms with Crippen molar-refractivity contribution in [3.63, 3.8) is 0 Å². The lowest BCUT2D eigenvalue weighted by atomic mass is 10.0. The highest BCUT2D eigenvalue weighted by Crippen LogP contribution is 2.27. The molecule has 0 atom stereocenters. The SMILES string of the molecule is COC(=O)c1ccc(-c2cccnc2)cc1[N+](=O)[O-]. The van der Waals surface area contributed by atoms with Crippen molar-refractivity contribution in [2.24, 2.45) is 0 Å². The summed E-state index contributed by atoms with van der Waals surface area (Å²) in [7, 11) is 1.18. The summed E-state index contributed by atoms with van der Waals surface area (Å²) in [5.41, 5.74) is 1.00. The fraction of sp³-hybridized carbons (Fsp3) is 0.0769. The minimum atomic E-state index is -0.732. The van der Waals surface area contributed by atoms with Gasteiger partial charge in [-0.15, -0.1) is 0 Å². The first-order chi connectivity index (χ1) is 9.13. The number of carbonyl (C=O) groups excluding carboxylic acids is 1. The van der Waals surface area contributed by atoms with Gasteiger partial charge in [0, 0.05) is 24.0 Å². The zero-order valence-corrected chi connectivity index (χ0v) is 10.1. The van der Waals surface area contributed by atoms with Crippen LogP contribution in [0.15, 0.2) is 42.7 Å². The summed E-state index contributed by atoms with van der Waals surface area (Å²) in [6, 6.07) is 7.85. The maximum atomic E-state index is 11.4. The molecule has 0 aliphatic rings. The van der Waals surface area contributed by atoms with E-state index in [9.17, 15) is 14.9 Å². The number of aromatic nitrogens is 1. The van der Waals surface area contributed by atoms with Crippen LogP contribution in [0.25, 0.3) is 11.1 Å². The zero-order valence-electron chi connectivity index (χ0n) is 10.1. The first-order valence-corrected chi connectivity index (χ1v) is 5.40. The summed E-state index contributed by atoms with van der Waals surface area (Å²) in [5, 5.41) is 11.0. The number of nitro benzene ring substituents is 1. The third-order valence-corrected chi connectivity index (χ3v) is 2.59. The number of hydrogen-bond donors (Lipinski definition) is 0. The Morgan fingerprint density at radius 1 is 1.32 bits per heavy atom. The van der Waals surface area contributed by atoms with Crippen molar-refractivity contribution in [1.82, 2.24) is 4.98 Å². The Bertz CT molecular complexity index is 626. The van der Waals surface area contributed by atoms with Gasteiger partial charge >= 0.3 is 5.97 Å². The summed E-state index contributed by atoms with van der Waals surface area (Å²) >= 11 is 0. The summed E-state index contributed by atoms with van der Waals surface area (Å²) in [6.07, 6.45) is 3.21. The largest absolute Gasteiger partial charge is 0.465 e. The molecule has 19 heavy (non-hydrogen) atoms. The van der Waals surface area contributed by atoms with E-state index < -0.39 is 10.9 Å². The van der Waals surface area contributed by atoms with Gasteiger partial charge in [-0.1, -0.05) is 12.1 Å². The maximum absolute atomic E-state index is 11.4. The smallest absolute Gasteiger partial charge is 0.344 e. The van der Waals surface area contributed by atoms with E-state index in [1.807, 2.05) is 0 Å². The van der Waals surface area contributed by atoms with Gasteiger partial charge in [0.25, 0.3) is 5.69 Å². The van der Waals surface area contributed by atoms with Gasteiger partial charge in [0.15, 0.2) is 0 Å². The third kappa shape index (κ3) is 2.57. The number of nitro groups is 1. The molecule has 0 amide bonds. The number of rotatable bonds is 3. The minimum Gasteiger partial charge on any atom is -0.465 e. The molecule has 0 spiro atoms. The molecule has 1 aromatic carbocycles. The van der Waals surface area contributed by atoms with Crippen LogP contribution in [0.4, 0.5) is 5.69 Å². The van der Waals surface area contributed by atoms with Gasteiger partial charge in [-0.05, 0) is 17.7 Å². The van der Waals surface area contributed by atoms with E-state index >= 15 is 0 Å². The number of ether oxygens (including phenoxy) is 1. The maximum Gasteiger partial charge on any atom is 0.344 e. The van der Waals surface area contributed by atoms with Gasteiger partial charge in [0.05, 0.1) is 12.0 Å². The predicted molar refractivity (Wildman–Crippen MR) is 67.7 cm³/mol. The molecule has 0 N–H and O–H groups in total. The van der Waals surface area contributed by atoms with Crippen LogP contribution in [0.5, 0.6) is 0 Å². The van der Waals surface area contributed by atoms with Gasteiger partial charge in [-0.2, -0.15) is 0 Å². The molecule has 0 fully saturated rings. The number of carbonyl (C=O) groups is 1. The average Bonchev–Trinajstić information content (AvgIpc) is 2.46. The average molecular weight is 258 g/mol. The van der Waals surface area contributed by atoms with Crippen molar-refractivity contribution < 1.29 is 14.5 Å². The molecule has 1 heterocycles. The number of hydrogen-bond acceptors (Lipinski definition) is 5. The predicted octanol–water partition coefficient (Wildman–Crippen LogP) is 2.44. The molecule has 2 aromatic rings. The fourth-order valence-electron chi connectivity index (χ4n) is 1.68. The van der Waals surface area contributed by atoms with Crippen molar-refractivity contribution in [1.29, 1.82) is 0 Å². The second-order valence-corrected chi connectivity index (χ2v) is 3.72. The number of esters is 1. The molecule has 6 nitrogen and oxygen atoms in total. The number of benzene rings is 1. The normalized spacial score (nSPS) is 9.95. The molecular weight excluding hydrogens is 248 g/mol. The van der Waals surface area contributed by atoms with E-state index in [2.05, 4.69) is 9.72 Å². The number of methoxy groups -OCH3 is 1. The van der Waals surface area contributed by atoms with Crippen LogP contribution in [-0.4, -0.2) is 23.0 Å². The van der Waals surface area contributed by atoms with Gasteiger partial charge in [-0.25, -0.2) is 4.79 Å². The van der Waals surface area contributed by atoms with Crippen molar-refractivity contribution in [2.45, 2.75) is 0 Å². The van der Waals surface area contributed by atoms with Crippen LogP contribution in [-0.2, 0) is 4.74 Å². The van der Waals surface area contributed by atoms with Crippen molar-refractivity contribution in [2.75, 3.05) is 7.11 Å². The molecule has 0 saturated heterocycles. The van der Waals surface area contributed by atoms with Crippen LogP contribution in [0.1, 0.15) is 10.4 Å². The Labute approximate surface area is 108 Å². The molecule has 6 heteroatoms. The molecule has 0 bridgehead atoms. The van der Waals surface area contributed by atoms with Gasteiger partial charge < -0.3 is 4.74 Å². The van der Waals surface area contributed by atoms with Crippen molar-refractivity contribution in [3.05, 3.63) is 58.4 Å². The molecule has 0 radical (unpaired) electrons. The van der Waals surface area contributed by atoms with Crippen molar-refractivity contribution in [3.8, 4) is 11.1 Å². The standard InChI is InChI=1S/C13H10N2O4/c1-19-13(16)11-5-4-9(7-12(11)15(17)18)10-3-2-6-14-8-10/h2-8H,1H3. The summed E-state index contributed by atoms with van der Waals surface area (Å²) in [5.74, 6) is -0.732. The van der Waals surface area contributed by atoms with Crippen LogP contribution in [0.3, 0.4) is 0 Å². The Morgan fingerprint density at radius 3 is 2.68 bits per heavy atom. The lowest BCUT2D eigenvalue weighted by molar-refractivity contribution is -0.385. The first kappa shape index (κ1) is 12.7. The summed E-state index contributed by atoms with van der Waals surface area (Å²) < 4.78 is 4.52.